The van der Waals surface area contributed by atoms with Crippen molar-refractivity contribution in [2.45, 2.75) is 91.4 Å². The molecular weight excluding hydrogens is 569 g/mol. The van der Waals surface area contributed by atoms with Gasteiger partial charge in [0.05, 0.1) is 0 Å². The molecular formula is C22H50O8S2Si4. The van der Waals surface area contributed by atoms with Crippen molar-refractivity contribution in [2.24, 2.45) is 0 Å². The van der Waals surface area contributed by atoms with Crippen molar-refractivity contribution in [1.82, 2.24) is 0 Å². The number of hydrogen-bond donors (Lipinski definition) is 0. The van der Waals surface area contributed by atoms with Crippen molar-refractivity contribution in [2.75, 3.05) is 51.1 Å². The number of rotatable bonds is 25. The maximum atomic E-state index is 6.45. The number of ether oxygens (including phenoxy) is 2. The van der Waals surface area contributed by atoms with Crippen LogP contribution in [0, 0.1) is 0 Å². The van der Waals surface area contributed by atoms with Crippen LogP contribution in [0.15, 0.2) is 0 Å². The minimum atomic E-state index is -1.77. The van der Waals surface area contributed by atoms with Crippen LogP contribution in [0.3, 0.4) is 0 Å². The van der Waals surface area contributed by atoms with Gasteiger partial charge >= 0.3 is 18.6 Å². The molecule has 0 aliphatic heterocycles. The lowest BCUT2D eigenvalue weighted by Crippen LogP contribution is -2.56. The van der Waals surface area contributed by atoms with Gasteiger partial charge in [0, 0.05) is 64.0 Å². The Hall–Kier alpha value is 1.25. The summed E-state index contributed by atoms with van der Waals surface area (Å²) in [7, 11) is -1.99. The zero-order valence-electron chi connectivity index (χ0n) is 24.2. The quantitative estimate of drug-likeness (QED) is 0.0579. The summed E-state index contributed by atoms with van der Waals surface area (Å²) in [6, 6.07) is 0. The zero-order valence-corrected chi connectivity index (χ0v) is 29.8. The number of hydrogen-bond acceptors (Lipinski definition) is 10. The highest BCUT2D eigenvalue weighted by atomic mass is 33.1. The molecule has 0 spiro atoms. The van der Waals surface area contributed by atoms with Crippen molar-refractivity contribution in [1.29, 1.82) is 0 Å². The summed E-state index contributed by atoms with van der Waals surface area (Å²) in [6.07, 6.45) is 1.42. The normalized spacial score (nSPS) is 15.8. The largest absolute Gasteiger partial charge is 0.449 e. The second kappa shape index (κ2) is 22.0. The van der Waals surface area contributed by atoms with E-state index < -0.39 is 47.5 Å². The molecule has 36 heavy (non-hydrogen) atoms. The molecule has 0 aliphatic rings. The fraction of sp³-hybridized carbons (Fsp3) is 1.00. The Bertz CT molecular complexity index is 474. The van der Waals surface area contributed by atoms with Gasteiger partial charge in [0.25, 0.3) is 0 Å². The van der Waals surface area contributed by atoms with Crippen LogP contribution in [0.5, 0.6) is 0 Å². The third kappa shape index (κ3) is 14.0. The predicted octanol–water partition coefficient (Wildman–Crippen LogP) is 5.35. The summed E-state index contributed by atoms with van der Waals surface area (Å²) in [5, 5.41) is 0. The molecule has 0 saturated heterocycles. The smallest absolute Gasteiger partial charge is 0.391 e. The molecule has 0 aromatic rings. The lowest BCUT2D eigenvalue weighted by Gasteiger charge is -2.38. The molecule has 0 N–H and O–H groups in total. The second-order valence-corrected chi connectivity index (χ2v) is 18.4. The first-order chi connectivity index (χ1) is 17.2. The van der Waals surface area contributed by atoms with Crippen LogP contribution in [0.1, 0.15) is 54.4 Å². The van der Waals surface area contributed by atoms with E-state index in [9.17, 15) is 0 Å². The van der Waals surface area contributed by atoms with E-state index in [-0.39, 0.29) is 0 Å². The second-order valence-electron chi connectivity index (χ2n) is 7.84. The van der Waals surface area contributed by atoms with Crippen molar-refractivity contribution >= 4 is 58.2 Å². The molecule has 0 aromatic heterocycles. The Morgan fingerprint density at radius 1 is 0.500 bits per heavy atom. The standard InChI is InChI=1S/C22H50O8S2Si4/c1-11-23-21(29-33(7)8,35(25-13-3)26-14-4)17-19-31-32-20-18-22(24-12-2,30-34(9)10)36(27-15-5)28-16-6/h11-20H2,1-10H3. The summed E-state index contributed by atoms with van der Waals surface area (Å²) in [5.74, 6) is 1.70. The van der Waals surface area contributed by atoms with Crippen molar-refractivity contribution < 1.29 is 36.0 Å². The van der Waals surface area contributed by atoms with E-state index in [0.29, 0.717) is 52.5 Å². The van der Waals surface area contributed by atoms with E-state index in [0.717, 1.165) is 11.5 Å². The molecule has 2 unspecified atom stereocenters. The third-order valence-corrected chi connectivity index (χ3v) is 13.1. The van der Waals surface area contributed by atoms with Crippen LogP contribution >= 0.6 is 21.6 Å². The van der Waals surface area contributed by atoms with Gasteiger partial charge < -0.3 is 36.0 Å². The van der Waals surface area contributed by atoms with Gasteiger partial charge in [0.2, 0.25) is 28.9 Å². The minimum Gasteiger partial charge on any atom is -0.391 e. The predicted molar refractivity (Wildman–Crippen MR) is 158 cm³/mol. The summed E-state index contributed by atoms with van der Waals surface area (Å²) in [5.41, 5.74) is -1.62. The molecule has 0 fully saturated rings. The van der Waals surface area contributed by atoms with E-state index in [2.05, 4.69) is 26.2 Å². The molecule has 0 rings (SSSR count). The molecule has 2 atom stereocenters. The Morgan fingerprint density at radius 2 is 0.806 bits per heavy atom. The Balaban J connectivity index is 5.32. The zero-order chi connectivity index (χ0) is 27.5. The Kier molecular flexibility index (Phi) is 22.8. The maximum Gasteiger partial charge on any atom is 0.449 e. The van der Waals surface area contributed by atoms with Gasteiger partial charge in [-0.2, -0.15) is 0 Å². The molecule has 0 amide bonds. The summed E-state index contributed by atoms with van der Waals surface area (Å²) in [4.78, 5) is 0. The third-order valence-electron chi connectivity index (χ3n) is 4.33. The van der Waals surface area contributed by atoms with Crippen LogP contribution in [0.2, 0.25) is 26.2 Å². The first-order valence-electron chi connectivity index (χ1n) is 13.0. The minimum absolute atomic E-state index is 0.549. The van der Waals surface area contributed by atoms with Gasteiger partial charge in [-0.05, 0) is 67.7 Å². The molecule has 214 valence electrons. The SMILES string of the molecule is CCO[Si](OCC)C(CCSSCCC(OCC)(O[Si](C)C)[Si](OCC)OCC)(OCC)O[Si](C)C. The van der Waals surface area contributed by atoms with Crippen molar-refractivity contribution in [3.63, 3.8) is 0 Å². The van der Waals surface area contributed by atoms with Crippen LogP contribution in [0.25, 0.3) is 0 Å². The molecule has 0 bridgehead atoms. The fourth-order valence-corrected chi connectivity index (χ4v) is 12.7. The maximum absolute atomic E-state index is 6.45. The van der Waals surface area contributed by atoms with Gasteiger partial charge in [-0.25, -0.2) is 0 Å². The summed E-state index contributed by atoms with van der Waals surface area (Å²) < 4.78 is 49.5. The van der Waals surface area contributed by atoms with Gasteiger partial charge in [0.15, 0.2) is 0 Å². The first kappa shape index (κ1) is 37.2. The molecule has 14 heteroatoms. The topological polar surface area (TPSA) is 73.8 Å². The van der Waals surface area contributed by atoms with Crippen molar-refractivity contribution in [3.8, 4) is 0 Å². The highest BCUT2D eigenvalue weighted by Crippen LogP contribution is 2.34. The molecule has 8 nitrogen and oxygen atoms in total. The summed E-state index contributed by atoms with van der Waals surface area (Å²) >= 11 is 0. The lowest BCUT2D eigenvalue weighted by atomic mass is 10.4. The average Bonchev–Trinajstić information content (AvgIpc) is 2.80. The highest BCUT2D eigenvalue weighted by molar-refractivity contribution is 8.76. The Labute approximate surface area is 236 Å². The molecule has 0 aliphatic carbocycles. The van der Waals surface area contributed by atoms with Gasteiger partial charge in [0.1, 0.15) is 0 Å². The van der Waals surface area contributed by atoms with Crippen LogP contribution in [-0.2, 0) is 36.0 Å². The van der Waals surface area contributed by atoms with Gasteiger partial charge in [-0.15, -0.1) is 0 Å². The highest BCUT2D eigenvalue weighted by Gasteiger charge is 2.49. The average molecular weight is 619 g/mol. The van der Waals surface area contributed by atoms with Crippen LogP contribution in [-0.4, -0.2) is 98.6 Å². The molecule has 0 saturated carbocycles. The monoisotopic (exact) mass is 618 g/mol. The van der Waals surface area contributed by atoms with E-state index in [4.69, 9.17) is 36.0 Å². The van der Waals surface area contributed by atoms with Crippen LogP contribution in [0.4, 0.5) is 0 Å². The van der Waals surface area contributed by atoms with E-state index >= 15 is 0 Å². The van der Waals surface area contributed by atoms with Gasteiger partial charge in [-0.3, -0.25) is 0 Å². The fourth-order valence-electron chi connectivity index (χ4n) is 3.35. The molecule has 4 radical (unpaired) electrons. The Morgan fingerprint density at radius 3 is 1.03 bits per heavy atom. The van der Waals surface area contributed by atoms with E-state index in [1.165, 1.54) is 0 Å². The first-order valence-corrected chi connectivity index (χ1v) is 22.9. The summed E-state index contributed by atoms with van der Waals surface area (Å²) in [6.45, 7) is 23.8. The van der Waals surface area contributed by atoms with Crippen LogP contribution < -0.4 is 0 Å². The van der Waals surface area contributed by atoms with E-state index in [1.54, 1.807) is 21.6 Å². The van der Waals surface area contributed by atoms with E-state index in [1.807, 2.05) is 41.5 Å². The molecule has 0 heterocycles. The van der Waals surface area contributed by atoms with Gasteiger partial charge in [-0.1, -0.05) is 21.6 Å². The lowest BCUT2D eigenvalue weighted by molar-refractivity contribution is -0.147. The van der Waals surface area contributed by atoms with Crippen molar-refractivity contribution in [3.05, 3.63) is 0 Å². The molecule has 0 aromatic carbocycles.